The number of hydrogen-bond donors (Lipinski definition) is 1. The van der Waals surface area contributed by atoms with E-state index in [4.69, 9.17) is 10.5 Å². The molecular weight excluding hydrogens is 256 g/mol. The number of nitrogen functional groups attached to an aromatic ring is 1. The molecule has 2 amide bonds. The molecule has 5 heteroatoms. The van der Waals surface area contributed by atoms with Crippen LogP contribution >= 0.6 is 0 Å². The first-order valence-corrected chi connectivity index (χ1v) is 6.95. The predicted molar refractivity (Wildman–Crippen MR) is 74.4 cm³/mol. The predicted octanol–water partition coefficient (Wildman–Crippen LogP) is 1.68. The van der Waals surface area contributed by atoms with Crippen molar-refractivity contribution in [3.8, 4) is 0 Å². The third-order valence-corrected chi connectivity index (χ3v) is 4.33. The van der Waals surface area contributed by atoms with Crippen molar-refractivity contribution in [1.82, 2.24) is 4.90 Å². The number of anilines is 1. The van der Waals surface area contributed by atoms with Crippen LogP contribution in [-0.2, 0) is 4.74 Å². The lowest BCUT2D eigenvalue weighted by Crippen LogP contribution is -2.44. The van der Waals surface area contributed by atoms with E-state index in [-0.39, 0.29) is 17.9 Å². The largest absolute Gasteiger partial charge is 0.398 e. The van der Waals surface area contributed by atoms with Crippen LogP contribution in [0.25, 0.3) is 0 Å². The van der Waals surface area contributed by atoms with Gasteiger partial charge in [0.05, 0.1) is 11.1 Å². The number of fused-ring (bicyclic) bond motifs is 1. The maximum atomic E-state index is 12.5. The molecule has 0 radical (unpaired) electrons. The summed E-state index contributed by atoms with van der Waals surface area (Å²) in [4.78, 5) is 26.3. The van der Waals surface area contributed by atoms with E-state index in [1.165, 1.54) is 4.90 Å². The number of hydrogen-bond acceptors (Lipinski definition) is 4. The molecule has 1 fully saturated rings. The summed E-state index contributed by atoms with van der Waals surface area (Å²) in [7, 11) is 0. The zero-order valence-corrected chi connectivity index (χ0v) is 11.5. The number of carbonyl (C=O) groups is 2. The fourth-order valence-electron chi connectivity index (χ4n) is 3.11. The smallest absolute Gasteiger partial charge is 0.263 e. The number of rotatable bonds is 2. The molecular formula is C15H18N2O3. The minimum Gasteiger partial charge on any atom is -0.398 e. The van der Waals surface area contributed by atoms with Crippen molar-refractivity contribution < 1.29 is 14.3 Å². The highest BCUT2D eigenvalue weighted by Gasteiger charge is 2.42. The van der Waals surface area contributed by atoms with Crippen molar-refractivity contribution in [3.63, 3.8) is 0 Å². The van der Waals surface area contributed by atoms with Gasteiger partial charge in [0.1, 0.15) is 0 Å². The molecule has 5 nitrogen and oxygen atoms in total. The van der Waals surface area contributed by atoms with Crippen LogP contribution in [0.1, 0.15) is 40.5 Å². The van der Waals surface area contributed by atoms with Gasteiger partial charge in [-0.15, -0.1) is 0 Å². The maximum Gasteiger partial charge on any atom is 0.263 e. The lowest BCUT2D eigenvalue weighted by Gasteiger charge is -2.32. The van der Waals surface area contributed by atoms with Gasteiger partial charge in [0, 0.05) is 24.9 Å². The van der Waals surface area contributed by atoms with Crippen molar-refractivity contribution in [2.75, 3.05) is 18.9 Å². The van der Waals surface area contributed by atoms with Crippen LogP contribution in [0.4, 0.5) is 5.69 Å². The van der Waals surface area contributed by atoms with Crippen LogP contribution < -0.4 is 5.73 Å². The number of imide groups is 1. The van der Waals surface area contributed by atoms with Gasteiger partial charge in [-0.2, -0.15) is 0 Å². The number of ether oxygens (including phenoxy) is 1. The number of nitrogens with two attached hydrogens (primary N) is 1. The molecule has 1 aromatic carbocycles. The summed E-state index contributed by atoms with van der Waals surface area (Å²) < 4.78 is 5.34. The molecule has 2 N–H and O–H groups in total. The van der Waals surface area contributed by atoms with Crippen LogP contribution in [0.2, 0.25) is 0 Å². The summed E-state index contributed by atoms with van der Waals surface area (Å²) in [5.74, 6) is -0.189. The average Bonchev–Trinajstić information content (AvgIpc) is 2.72. The highest BCUT2D eigenvalue weighted by Crippen LogP contribution is 2.32. The van der Waals surface area contributed by atoms with Gasteiger partial charge >= 0.3 is 0 Å². The van der Waals surface area contributed by atoms with Crippen LogP contribution in [0.5, 0.6) is 0 Å². The Bertz CT molecular complexity index is 564. The molecule has 2 heterocycles. The second kappa shape index (κ2) is 4.90. The second-order valence-electron chi connectivity index (χ2n) is 5.44. The third kappa shape index (κ3) is 1.89. The second-order valence-corrected chi connectivity index (χ2v) is 5.44. The third-order valence-electron chi connectivity index (χ3n) is 4.33. The van der Waals surface area contributed by atoms with E-state index >= 15 is 0 Å². The normalized spacial score (nSPS) is 21.1. The van der Waals surface area contributed by atoms with Crippen LogP contribution in [0.15, 0.2) is 18.2 Å². The number of amides is 2. The first kappa shape index (κ1) is 13.1. The summed E-state index contributed by atoms with van der Waals surface area (Å²) in [6.45, 7) is 3.33. The van der Waals surface area contributed by atoms with Gasteiger partial charge in [-0.25, -0.2) is 0 Å². The molecule has 0 spiro atoms. The molecule has 1 atom stereocenters. The van der Waals surface area contributed by atoms with Gasteiger partial charge in [-0.3, -0.25) is 14.5 Å². The number of carbonyl (C=O) groups excluding carboxylic acids is 2. The Balaban J connectivity index is 1.91. The molecule has 2 aliphatic rings. The van der Waals surface area contributed by atoms with E-state index in [2.05, 4.69) is 0 Å². The van der Waals surface area contributed by atoms with Gasteiger partial charge in [0.15, 0.2) is 0 Å². The molecule has 0 saturated carbocycles. The van der Waals surface area contributed by atoms with E-state index in [9.17, 15) is 9.59 Å². The van der Waals surface area contributed by atoms with Crippen molar-refractivity contribution in [2.24, 2.45) is 5.92 Å². The first-order chi connectivity index (χ1) is 9.61. The zero-order valence-electron chi connectivity index (χ0n) is 11.5. The minimum atomic E-state index is -0.262. The molecule has 0 aromatic heterocycles. The molecule has 0 aliphatic carbocycles. The Labute approximate surface area is 117 Å². The Morgan fingerprint density at radius 2 is 1.95 bits per heavy atom. The van der Waals surface area contributed by atoms with Crippen LogP contribution in [0, 0.1) is 5.92 Å². The van der Waals surface area contributed by atoms with Crippen molar-refractivity contribution in [3.05, 3.63) is 29.3 Å². The highest BCUT2D eigenvalue weighted by molar-refractivity contribution is 6.23. The standard InChI is InChI=1S/C15H18N2O3/c1-9(10-5-7-20-8-6-10)17-14(18)11-3-2-4-12(16)13(11)15(17)19/h2-4,9-10H,5-8,16H2,1H3. The van der Waals surface area contributed by atoms with E-state index in [1.807, 2.05) is 6.92 Å². The zero-order chi connectivity index (χ0) is 14.3. The molecule has 3 rings (SSSR count). The first-order valence-electron chi connectivity index (χ1n) is 6.95. The molecule has 20 heavy (non-hydrogen) atoms. The SMILES string of the molecule is CC(C1CCOCC1)N1C(=O)c2cccc(N)c2C1=O. The Morgan fingerprint density at radius 1 is 1.25 bits per heavy atom. The lowest BCUT2D eigenvalue weighted by molar-refractivity contribution is 0.0273. The van der Waals surface area contributed by atoms with Crippen molar-refractivity contribution >= 4 is 17.5 Å². The molecule has 1 aromatic rings. The molecule has 0 bridgehead atoms. The van der Waals surface area contributed by atoms with E-state index in [1.54, 1.807) is 18.2 Å². The van der Waals surface area contributed by atoms with Crippen molar-refractivity contribution in [2.45, 2.75) is 25.8 Å². The molecule has 106 valence electrons. The maximum absolute atomic E-state index is 12.5. The van der Waals surface area contributed by atoms with Gasteiger partial charge in [-0.1, -0.05) is 6.07 Å². The molecule has 1 unspecified atom stereocenters. The minimum absolute atomic E-state index is 0.120. The fourth-order valence-corrected chi connectivity index (χ4v) is 3.11. The van der Waals surface area contributed by atoms with Crippen LogP contribution in [-0.4, -0.2) is 36.0 Å². The average molecular weight is 274 g/mol. The van der Waals surface area contributed by atoms with Gasteiger partial charge in [0.2, 0.25) is 0 Å². The highest BCUT2D eigenvalue weighted by atomic mass is 16.5. The quantitative estimate of drug-likeness (QED) is 0.658. The summed E-state index contributed by atoms with van der Waals surface area (Å²) in [6.07, 6.45) is 1.76. The number of benzene rings is 1. The fraction of sp³-hybridized carbons (Fsp3) is 0.467. The monoisotopic (exact) mass is 274 g/mol. The Morgan fingerprint density at radius 3 is 2.60 bits per heavy atom. The van der Waals surface area contributed by atoms with Gasteiger partial charge in [0.25, 0.3) is 11.8 Å². The van der Waals surface area contributed by atoms with Gasteiger partial charge < -0.3 is 10.5 Å². The summed E-state index contributed by atoms with van der Waals surface area (Å²) in [5, 5.41) is 0. The van der Waals surface area contributed by atoms with Crippen LogP contribution in [0.3, 0.4) is 0 Å². The molecule has 1 saturated heterocycles. The van der Waals surface area contributed by atoms with E-state index in [0.717, 1.165) is 12.8 Å². The summed E-state index contributed by atoms with van der Waals surface area (Å²) in [5.41, 5.74) is 7.01. The van der Waals surface area contributed by atoms with E-state index in [0.29, 0.717) is 35.9 Å². The lowest BCUT2D eigenvalue weighted by atomic mass is 9.92. The van der Waals surface area contributed by atoms with Gasteiger partial charge in [-0.05, 0) is 37.8 Å². The topological polar surface area (TPSA) is 72.6 Å². The van der Waals surface area contributed by atoms with E-state index < -0.39 is 0 Å². The Hall–Kier alpha value is -1.88. The van der Waals surface area contributed by atoms with Crippen molar-refractivity contribution in [1.29, 1.82) is 0 Å². The summed E-state index contributed by atoms with van der Waals surface area (Å²) in [6, 6.07) is 4.92. The molecule has 2 aliphatic heterocycles. The summed E-state index contributed by atoms with van der Waals surface area (Å²) >= 11 is 0. The number of nitrogens with zero attached hydrogens (tertiary/aromatic N) is 1. The Kier molecular flexibility index (Phi) is 3.22.